The number of pyridine rings is 1. The van der Waals surface area contributed by atoms with Crippen LogP contribution in [0.25, 0.3) is 0 Å². The highest BCUT2D eigenvalue weighted by Gasteiger charge is 2.20. The molecular weight excluding hydrogens is 262 g/mol. The van der Waals surface area contributed by atoms with E-state index in [-0.39, 0.29) is 10.0 Å². The molecule has 0 aliphatic rings. The second kappa shape index (κ2) is 5.77. The van der Waals surface area contributed by atoms with Gasteiger partial charge in [0.05, 0.1) is 0 Å². The molecule has 0 saturated carbocycles. The molecule has 0 unspecified atom stereocenters. The molecule has 1 aromatic rings. The molecule has 0 aliphatic heterocycles. The third-order valence-corrected chi connectivity index (χ3v) is 4.33. The molecule has 1 aromatic heterocycles. The zero-order chi connectivity index (χ0) is 13.1. The van der Waals surface area contributed by atoms with E-state index >= 15 is 0 Å². The van der Waals surface area contributed by atoms with E-state index in [1.54, 1.807) is 7.05 Å². The average Bonchev–Trinajstić information content (AvgIpc) is 2.26. The van der Waals surface area contributed by atoms with E-state index < -0.39 is 10.0 Å². The molecule has 0 bridgehead atoms. The smallest absolute Gasteiger partial charge is 0.244 e. The summed E-state index contributed by atoms with van der Waals surface area (Å²) >= 11 is 5.62. The largest absolute Gasteiger partial charge is 0.308 e. The van der Waals surface area contributed by atoms with Crippen molar-refractivity contribution in [1.82, 2.24) is 14.2 Å². The Hall–Kier alpha value is -0.690. The highest BCUT2D eigenvalue weighted by Crippen LogP contribution is 2.14. The minimum Gasteiger partial charge on any atom is -0.308 e. The molecule has 0 fully saturated rings. The van der Waals surface area contributed by atoms with Crippen LogP contribution in [0.5, 0.6) is 0 Å². The van der Waals surface area contributed by atoms with E-state index in [9.17, 15) is 8.42 Å². The Morgan fingerprint density at radius 1 is 1.24 bits per heavy atom. The lowest BCUT2D eigenvalue weighted by Crippen LogP contribution is -2.33. The molecule has 1 rings (SSSR count). The molecule has 1 heterocycles. The minimum absolute atomic E-state index is 0.156. The van der Waals surface area contributed by atoms with Crippen LogP contribution >= 0.6 is 11.6 Å². The molecule has 0 radical (unpaired) electrons. The standard InChI is InChI=1S/C10H16ClN3O2S/c1-13(2)6-7-14(3)17(15,16)9-4-5-10(11)12-8-9/h4-5,8H,6-7H2,1-3H3. The molecule has 0 atom stereocenters. The number of sulfonamides is 1. The molecule has 17 heavy (non-hydrogen) atoms. The Kier molecular flexibility index (Phi) is 4.88. The van der Waals surface area contributed by atoms with Crippen molar-refractivity contribution in [1.29, 1.82) is 0 Å². The lowest BCUT2D eigenvalue weighted by Gasteiger charge is -2.19. The molecule has 0 spiro atoms. The van der Waals surface area contributed by atoms with Crippen molar-refractivity contribution in [3.05, 3.63) is 23.5 Å². The van der Waals surface area contributed by atoms with Gasteiger partial charge in [0, 0.05) is 26.3 Å². The fourth-order valence-electron chi connectivity index (χ4n) is 1.16. The first-order valence-electron chi connectivity index (χ1n) is 5.06. The summed E-state index contributed by atoms with van der Waals surface area (Å²) in [7, 11) is 1.87. The van der Waals surface area contributed by atoms with Crippen molar-refractivity contribution in [3.8, 4) is 0 Å². The Morgan fingerprint density at radius 2 is 1.88 bits per heavy atom. The van der Waals surface area contributed by atoms with E-state index in [2.05, 4.69) is 4.98 Å². The first-order valence-corrected chi connectivity index (χ1v) is 6.88. The summed E-state index contributed by atoms with van der Waals surface area (Å²) in [4.78, 5) is 5.85. The molecule has 7 heteroatoms. The number of rotatable bonds is 5. The van der Waals surface area contributed by atoms with Crippen LogP contribution in [-0.2, 0) is 10.0 Å². The SMILES string of the molecule is CN(C)CCN(C)S(=O)(=O)c1ccc(Cl)nc1. The van der Waals surface area contributed by atoms with Crippen LogP contribution in [0.4, 0.5) is 0 Å². The second-order valence-corrected chi connectivity index (χ2v) is 6.38. The van der Waals surface area contributed by atoms with Crippen LogP contribution in [0.2, 0.25) is 5.15 Å². The first-order chi connectivity index (χ1) is 7.84. The van der Waals surface area contributed by atoms with Crippen LogP contribution in [-0.4, -0.2) is 56.8 Å². The van der Waals surface area contributed by atoms with Crippen molar-refractivity contribution < 1.29 is 8.42 Å². The van der Waals surface area contributed by atoms with E-state index in [1.807, 2.05) is 19.0 Å². The van der Waals surface area contributed by atoms with Crippen LogP contribution in [0.3, 0.4) is 0 Å². The van der Waals surface area contributed by atoms with Crippen LogP contribution < -0.4 is 0 Å². The number of aromatic nitrogens is 1. The predicted octanol–water partition coefficient (Wildman–Crippen LogP) is 0.917. The fraction of sp³-hybridized carbons (Fsp3) is 0.500. The number of hydrogen-bond acceptors (Lipinski definition) is 4. The van der Waals surface area contributed by atoms with Gasteiger partial charge in [0.2, 0.25) is 10.0 Å². The van der Waals surface area contributed by atoms with Crippen molar-refractivity contribution in [3.63, 3.8) is 0 Å². The Morgan fingerprint density at radius 3 is 2.35 bits per heavy atom. The molecule has 0 N–H and O–H groups in total. The van der Waals surface area contributed by atoms with Crippen LogP contribution in [0.1, 0.15) is 0 Å². The molecule has 0 aliphatic carbocycles. The van der Waals surface area contributed by atoms with Gasteiger partial charge in [0.15, 0.2) is 0 Å². The van der Waals surface area contributed by atoms with Crippen molar-refractivity contribution >= 4 is 21.6 Å². The van der Waals surface area contributed by atoms with Gasteiger partial charge in [-0.2, -0.15) is 4.31 Å². The Labute approximate surface area is 107 Å². The maximum absolute atomic E-state index is 12.1. The summed E-state index contributed by atoms with van der Waals surface area (Å²) < 4.78 is 25.5. The number of halogens is 1. The Bertz CT molecular complexity index is 459. The summed E-state index contributed by atoms with van der Waals surface area (Å²) in [5.41, 5.74) is 0. The molecular formula is C10H16ClN3O2S. The zero-order valence-corrected chi connectivity index (χ0v) is 11.7. The van der Waals surface area contributed by atoms with Gasteiger partial charge in [-0.05, 0) is 26.2 Å². The average molecular weight is 278 g/mol. The quantitative estimate of drug-likeness (QED) is 0.751. The summed E-state index contributed by atoms with van der Waals surface area (Å²) in [6, 6.07) is 2.92. The predicted molar refractivity (Wildman–Crippen MR) is 67.6 cm³/mol. The molecule has 96 valence electrons. The van der Waals surface area contributed by atoms with Gasteiger partial charge in [-0.15, -0.1) is 0 Å². The molecule has 0 amide bonds. The molecule has 5 nitrogen and oxygen atoms in total. The lowest BCUT2D eigenvalue weighted by molar-refractivity contribution is 0.358. The highest BCUT2D eigenvalue weighted by molar-refractivity contribution is 7.89. The third kappa shape index (κ3) is 3.92. The minimum atomic E-state index is -3.47. The summed E-state index contributed by atoms with van der Waals surface area (Å²) in [6.45, 7) is 1.09. The van der Waals surface area contributed by atoms with Gasteiger partial charge in [-0.1, -0.05) is 11.6 Å². The summed E-state index contributed by atoms with van der Waals surface area (Å²) in [5, 5.41) is 0.278. The Balaban J connectivity index is 2.84. The van der Waals surface area contributed by atoms with Crippen LogP contribution in [0.15, 0.2) is 23.2 Å². The van der Waals surface area contributed by atoms with E-state index in [0.717, 1.165) is 0 Å². The van der Waals surface area contributed by atoms with Crippen LogP contribution in [0, 0.1) is 0 Å². The topological polar surface area (TPSA) is 53.5 Å². The molecule has 0 aromatic carbocycles. The van der Waals surface area contributed by atoms with Crippen molar-refractivity contribution in [2.45, 2.75) is 4.90 Å². The number of nitrogens with zero attached hydrogens (tertiary/aromatic N) is 3. The van der Waals surface area contributed by atoms with Gasteiger partial charge < -0.3 is 4.90 Å². The monoisotopic (exact) mass is 277 g/mol. The lowest BCUT2D eigenvalue weighted by atomic mass is 10.5. The maximum Gasteiger partial charge on any atom is 0.244 e. The normalized spacial score (nSPS) is 12.4. The number of likely N-dealkylation sites (N-methyl/N-ethyl adjacent to an activating group) is 2. The van der Waals surface area contributed by atoms with Gasteiger partial charge in [-0.25, -0.2) is 13.4 Å². The van der Waals surface area contributed by atoms with E-state index in [1.165, 1.54) is 22.6 Å². The van der Waals surface area contributed by atoms with Crippen molar-refractivity contribution in [2.24, 2.45) is 0 Å². The van der Waals surface area contributed by atoms with Gasteiger partial charge in [0.1, 0.15) is 10.0 Å². The van der Waals surface area contributed by atoms with E-state index in [4.69, 9.17) is 11.6 Å². The second-order valence-electron chi connectivity index (χ2n) is 3.95. The highest BCUT2D eigenvalue weighted by atomic mass is 35.5. The van der Waals surface area contributed by atoms with Gasteiger partial charge in [-0.3, -0.25) is 0 Å². The van der Waals surface area contributed by atoms with Crippen molar-refractivity contribution in [2.75, 3.05) is 34.2 Å². The van der Waals surface area contributed by atoms with Gasteiger partial charge >= 0.3 is 0 Å². The first kappa shape index (κ1) is 14.4. The fourth-order valence-corrected chi connectivity index (χ4v) is 2.38. The van der Waals surface area contributed by atoms with Gasteiger partial charge in [0.25, 0.3) is 0 Å². The molecule has 0 saturated heterocycles. The maximum atomic E-state index is 12.1. The summed E-state index contributed by atoms with van der Waals surface area (Å²) in [5.74, 6) is 0. The number of hydrogen-bond donors (Lipinski definition) is 0. The third-order valence-electron chi connectivity index (χ3n) is 2.27. The summed E-state index contributed by atoms with van der Waals surface area (Å²) in [6.07, 6.45) is 1.27. The van der Waals surface area contributed by atoms with E-state index in [0.29, 0.717) is 13.1 Å². The zero-order valence-electron chi connectivity index (χ0n) is 10.1.